The number of hydrogen-bond acceptors (Lipinski definition) is 14. The second-order valence-electron chi connectivity index (χ2n) is 27.1. The summed E-state index contributed by atoms with van der Waals surface area (Å²) in [5.41, 5.74) is 37.5. The molecule has 4 rings (SSSR count). The molecule has 0 heterocycles. The molecular weight excluding hydrogens is 1320 g/mol. The van der Waals surface area contributed by atoms with Crippen molar-refractivity contribution in [2.75, 3.05) is 26.2 Å². The molecule has 0 aromatic heterocycles. The van der Waals surface area contributed by atoms with Crippen LogP contribution < -0.4 is 76.9 Å². The summed E-state index contributed by atoms with van der Waals surface area (Å²) in [4.78, 5) is 136. The first-order chi connectivity index (χ1) is 50.4. The fourth-order valence-corrected chi connectivity index (χ4v) is 12.2. The molecule has 572 valence electrons. The average Bonchev–Trinajstić information content (AvgIpc) is 0.864. The van der Waals surface area contributed by atoms with Gasteiger partial charge in [0.2, 0.25) is 59.1 Å². The maximum absolute atomic E-state index is 14.2. The molecule has 0 saturated carbocycles. The third kappa shape index (κ3) is 38.1. The fourth-order valence-electron chi connectivity index (χ4n) is 12.2. The van der Waals surface area contributed by atoms with E-state index in [2.05, 4.69) is 54.7 Å². The number of carbonyl (C=O) groups is 10. The zero-order valence-corrected chi connectivity index (χ0v) is 61.3. The van der Waals surface area contributed by atoms with E-state index in [0.29, 0.717) is 90.4 Å². The van der Waals surface area contributed by atoms with Crippen LogP contribution in [-0.4, -0.2) is 134 Å². The van der Waals surface area contributed by atoms with Gasteiger partial charge in [-0.3, -0.25) is 47.9 Å². The highest BCUT2D eigenvalue weighted by Crippen LogP contribution is 2.16. The van der Waals surface area contributed by atoms with Crippen LogP contribution in [-0.2, 0) is 73.6 Å². The number of benzene rings is 4. The van der Waals surface area contributed by atoms with Crippen molar-refractivity contribution in [2.24, 2.45) is 34.4 Å². The topological polar surface area (TPSA) is 423 Å². The highest BCUT2D eigenvalue weighted by atomic mass is 16.2. The first-order valence-electron chi connectivity index (χ1n) is 38.1. The van der Waals surface area contributed by atoms with Gasteiger partial charge in [0.25, 0.3) is 0 Å². The molecule has 0 aliphatic carbocycles. The fraction of sp³-hybridized carbons (Fsp3) is 0.550. The second-order valence-corrected chi connectivity index (χ2v) is 27.1. The van der Waals surface area contributed by atoms with Crippen molar-refractivity contribution in [3.63, 3.8) is 0 Å². The second kappa shape index (κ2) is 53.9. The highest BCUT2D eigenvalue weighted by molar-refractivity contribution is 5.97. The van der Waals surface area contributed by atoms with Crippen LogP contribution in [0.25, 0.3) is 0 Å². The van der Waals surface area contributed by atoms with Crippen molar-refractivity contribution in [1.82, 2.24) is 42.5 Å². The molecule has 24 heteroatoms. The maximum atomic E-state index is 14.2. The summed E-state index contributed by atoms with van der Waals surface area (Å²) < 4.78 is 0. The van der Waals surface area contributed by atoms with E-state index in [0.717, 1.165) is 99.3 Å². The number of hydrogen-bond donors (Lipinski definition) is 14. The van der Waals surface area contributed by atoms with Gasteiger partial charge < -0.3 is 76.9 Å². The Kier molecular flexibility index (Phi) is 45.4. The van der Waals surface area contributed by atoms with Crippen LogP contribution in [0.3, 0.4) is 0 Å². The van der Waals surface area contributed by atoms with Crippen LogP contribution in [0, 0.1) is 0 Å². The lowest BCUT2D eigenvalue weighted by atomic mass is 10.0. The van der Waals surface area contributed by atoms with Gasteiger partial charge in [-0.25, -0.2) is 0 Å². The van der Waals surface area contributed by atoms with Crippen molar-refractivity contribution in [1.29, 1.82) is 0 Å². The van der Waals surface area contributed by atoms with Crippen LogP contribution >= 0.6 is 0 Å². The number of primary amides is 2. The summed E-state index contributed by atoms with van der Waals surface area (Å²) in [5, 5.41) is 22.8. The Morgan fingerprint density at radius 1 is 0.260 bits per heavy atom. The molecule has 8 atom stereocenters. The largest absolute Gasteiger partial charge is 0.368 e. The van der Waals surface area contributed by atoms with Crippen LogP contribution in [0.5, 0.6) is 0 Å². The van der Waals surface area contributed by atoms with Gasteiger partial charge in [0.05, 0.1) is 0 Å². The monoisotopic (exact) mass is 1440 g/mol. The lowest BCUT2D eigenvalue weighted by molar-refractivity contribution is -0.134. The Balaban J connectivity index is 1.18. The van der Waals surface area contributed by atoms with Crippen LogP contribution in [0.4, 0.5) is 0 Å². The molecule has 0 aliphatic heterocycles. The molecule has 4 aromatic carbocycles. The summed E-state index contributed by atoms with van der Waals surface area (Å²) in [5.74, 6) is -5.39. The van der Waals surface area contributed by atoms with Gasteiger partial charge in [0.15, 0.2) is 0 Å². The molecule has 20 N–H and O–H groups in total. The van der Waals surface area contributed by atoms with Gasteiger partial charge in [0.1, 0.15) is 48.3 Å². The number of nitrogens with one attached hydrogen (secondary N) is 8. The number of nitrogens with two attached hydrogens (primary N) is 6. The van der Waals surface area contributed by atoms with Crippen LogP contribution in [0.15, 0.2) is 133 Å². The molecule has 0 unspecified atom stereocenters. The lowest BCUT2D eigenvalue weighted by Gasteiger charge is -2.26. The summed E-state index contributed by atoms with van der Waals surface area (Å²) in [6.45, 7) is 1.58. The van der Waals surface area contributed by atoms with Crippen LogP contribution in [0.1, 0.15) is 202 Å². The smallest absolute Gasteiger partial charge is 0.243 e. The third-order valence-electron chi connectivity index (χ3n) is 18.3. The van der Waals surface area contributed by atoms with E-state index in [1.807, 2.05) is 121 Å². The van der Waals surface area contributed by atoms with E-state index >= 15 is 0 Å². The minimum absolute atomic E-state index is 0.105. The zero-order chi connectivity index (χ0) is 75.4. The molecule has 0 aliphatic rings. The predicted molar refractivity (Wildman–Crippen MR) is 409 cm³/mol. The van der Waals surface area contributed by atoms with Crippen molar-refractivity contribution >= 4 is 59.1 Å². The average molecular weight is 1440 g/mol. The molecule has 0 spiro atoms. The first-order valence-corrected chi connectivity index (χ1v) is 38.1. The quantitative estimate of drug-likeness (QED) is 0.0175. The SMILES string of the molecule is NCCCC[C@H](NC(=O)[C@H](Cc1ccccc1)NC(=O)[C@H](CCCCN)NC(=O)[C@H](Cc1ccccc1)NC(=O)CCCCCCCC/C=C/CCCCCCCCC(=O)N[C@@H](Cc1ccccc1)C(=O)N[C@@H](CCCCN)C(=O)N[C@@H](Cc1ccccc1)C(=O)N[C@@H](CCCCN)C(N)=O)C(N)=O. The van der Waals surface area contributed by atoms with Crippen molar-refractivity contribution < 1.29 is 47.9 Å². The summed E-state index contributed by atoms with van der Waals surface area (Å²) in [6.07, 6.45) is 24.5. The number of rotatable bonds is 58. The van der Waals surface area contributed by atoms with Gasteiger partial charge in [-0.1, -0.05) is 185 Å². The Labute approximate surface area is 616 Å². The van der Waals surface area contributed by atoms with Crippen molar-refractivity contribution in [3.8, 4) is 0 Å². The summed E-state index contributed by atoms with van der Waals surface area (Å²) in [6, 6.07) is 28.6. The molecule has 24 nitrogen and oxygen atoms in total. The molecule has 0 bridgehead atoms. The number of carbonyl (C=O) groups excluding carboxylic acids is 10. The molecule has 0 saturated heterocycles. The molecule has 104 heavy (non-hydrogen) atoms. The Morgan fingerprint density at radius 3 is 0.750 bits per heavy atom. The Hall–Kier alpha value is -8.84. The van der Waals surface area contributed by atoms with E-state index in [1.54, 1.807) is 0 Å². The van der Waals surface area contributed by atoms with E-state index in [-0.39, 0.29) is 76.0 Å². The van der Waals surface area contributed by atoms with Gasteiger partial charge in [-0.05, 0) is 164 Å². The van der Waals surface area contributed by atoms with Crippen molar-refractivity contribution in [3.05, 3.63) is 156 Å². The molecule has 10 amide bonds. The lowest BCUT2D eigenvalue weighted by Crippen LogP contribution is -2.58. The van der Waals surface area contributed by atoms with Gasteiger partial charge in [-0.2, -0.15) is 0 Å². The molecule has 0 radical (unpaired) electrons. The number of amides is 10. The van der Waals surface area contributed by atoms with E-state index in [1.165, 1.54) is 0 Å². The minimum Gasteiger partial charge on any atom is -0.368 e. The van der Waals surface area contributed by atoms with E-state index in [4.69, 9.17) is 34.4 Å². The Morgan fingerprint density at radius 2 is 0.481 bits per heavy atom. The van der Waals surface area contributed by atoms with Crippen molar-refractivity contribution in [2.45, 2.75) is 254 Å². The Bertz CT molecular complexity index is 2940. The third-order valence-corrected chi connectivity index (χ3v) is 18.3. The van der Waals surface area contributed by atoms with E-state index < -0.39 is 95.6 Å². The maximum Gasteiger partial charge on any atom is 0.243 e. The molecular formula is C80H122N14O10. The standard InChI is InChI=1S/C80H122N14O10/c81-51-33-29-45-63(73(85)97)89-79(103)69(57-61-41-23-17-24-42-61)93-75(99)65(47-31-35-53-83)91-77(101)67(55-59-37-19-15-20-38-59)87-71(95)49-27-13-11-9-7-5-3-1-2-4-6-8-10-12-14-28-50-72(96)88-68(56-60-39-21-16-22-40-60)78(102)92-66(48-32-36-54-84)76(100)94-70(58-62-43-25-18-26-44-62)80(104)90-64(74(86)98)46-30-34-52-82/h1-2,15-26,37-44,63-70H,3-14,27-36,45-58,81-84H2,(H2,85,97)(H2,86,98)(H,87,95)(H,88,96)(H,89,103)(H,90,104)(H,91,101)(H,92,102)(H,93,99)(H,94,100)/b2-1+/t63-,64-,65-,66-,67-,68-,69-,70-/m0/s1. The molecule has 0 fully saturated rings. The van der Waals surface area contributed by atoms with Crippen LogP contribution in [0.2, 0.25) is 0 Å². The van der Waals surface area contributed by atoms with Gasteiger partial charge in [0, 0.05) is 38.5 Å². The number of unbranched alkanes of at least 4 members (excludes halogenated alkanes) is 16. The normalized spacial score (nSPS) is 13.5. The van der Waals surface area contributed by atoms with Gasteiger partial charge in [-0.15, -0.1) is 0 Å². The summed E-state index contributed by atoms with van der Waals surface area (Å²) in [7, 11) is 0. The zero-order valence-electron chi connectivity index (χ0n) is 61.3. The molecule has 4 aromatic rings. The van der Waals surface area contributed by atoms with E-state index in [9.17, 15) is 47.9 Å². The number of allylic oxidation sites excluding steroid dienone is 2. The summed E-state index contributed by atoms with van der Waals surface area (Å²) >= 11 is 0. The minimum atomic E-state index is -1.11. The predicted octanol–water partition coefficient (Wildman–Crippen LogP) is 6.12. The van der Waals surface area contributed by atoms with Gasteiger partial charge >= 0.3 is 0 Å². The first kappa shape index (κ1) is 87.6. The highest BCUT2D eigenvalue weighted by Gasteiger charge is 2.34.